The fourth-order valence-electron chi connectivity index (χ4n) is 3.30. The lowest BCUT2D eigenvalue weighted by Crippen LogP contribution is -2.34. The Morgan fingerprint density at radius 1 is 1.35 bits per heavy atom. The van der Waals surface area contributed by atoms with Gasteiger partial charge < -0.3 is 10.4 Å². The first-order chi connectivity index (χ1) is 11.1. The zero-order valence-electron chi connectivity index (χ0n) is 13.6. The normalized spacial score (nSPS) is 20.7. The number of aliphatic hydroxyl groups excluding tert-OH is 1. The van der Waals surface area contributed by atoms with E-state index < -0.39 is 6.10 Å². The average Bonchev–Trinajstić information content (AvgIpc) is 3.10. The van der Waals surface area contributed by atoms with E-state index >= 15 is 0 Å². The van der Waals surface area contributed by atoms with Gasteiger partial charge in [0.15, 0.2) is 0 Å². The highest BCUT2D eigenvalue weighted by atomic mass is 16.3. The fourth-order valence-corrected chi connectivity index (χ4v) is 3.30. The average molecular weight is 313 g/mol. The largest absolute Gasteiger partial charge is 0.392 e. The maximum absolute atomic E-state index is 12.3. The molecule has 2 unspecified atom stereocenters. The Balaban J connectivity index is 1.76. The van der Waals surface area contributed by atoms with Gasteiger partial charge in [0.2, 0.25) is 5.91 Å². The number of carbonyl (C=O) groups is 1. The van der Waals surface area contributed by atoms with Gasteiger partial charge in [0.05, 0.1) is 23.4 Å². The molecule has 3 rings (SSSR count). The maximum Gasteiger partial charge on any atom is 0.225 e. The molecule has 1 aromatic heterocycles. The molecule has 0 radical (unpaired) electrons. The molecule has 2 atom stereocenters. The molecule has 122 valence electrons. The molecule has 1 amide bonds. The number of nitrogens with zero attached hydrogens (tertiary/aromatic N) is 2. The lowest BCUT2D eigenvalue weighted by Gasteiger charge is -2.16. The predicted octanol–water partition coefficient (Wildman–Crippen LogP) is 2.27. The number of rotatable bonds is 4. The number of aromatic nitrogens is 2. The van der Waals surface area contributed by atoms with Gasteiger partial charge in [-0.15, -0.1) is 0 Å². The summed E-state index contributed by atoms with van der Waals surface area (Å²) in [6.07, 6.45) is 1.91. The van der Waals surface area contributed by atoms with Crippen molar-refractivity contribution in [1.29, 1.82) is 0 Å². The third-order valence-corrected chi connectivity index (χ3v) is 4.50. The molecule has 2 aromatic rings. The summed E-state index contributed by atoms with van der Waals surface area (Å²) in [5.74, 6) is -0.325. The summed E-state index contributed by atoms with van der Waals surface area (Å²) >= 11 is 0. The Morgan fingerprint density at radius 3 is 2.78 bits per heavy atom. The first kappa shape index (κ1) is 15.7. The first-order valence-corrected chi connectivity index (χ1v) is 8.13. The second kappa shape index (κ2) is 6.54. The van der Waals surface area contributed by atoms with Crippen molar-refractivity contribution in [2.45, 2.75) is 45.8 Å². The summed E-state index contributed by atoms with van der Waals surface area (Å²) in [6.45, 7) is 4.43. The highest BCUT2D eigenvalue weighted by molar-refractivity contribution is 5.79. The van der Waals surface area contributed by atoms with Crippen LogP contribution in [0.5, 0.6) is 0 Å². The lowest BCUT2D eigenvalue weighted by atomic mass is 10.0. The highest BCUT2D eigenvalue weighted by Crippen LogP contribution is 2.25. The van der Waals surface area contributed by atoms with Gasteiger partial charge in [-0.25, -0.2) is 4.68 Å². The Kier molecular flexibility index (Phi) is 4.48. The molecule has 23 heavy (non-hydrogen) atoms. The Morgan fingerprint density at radius 2 is 2.13 bits per heavy atom. The van der Waals surface area contributed by atoms with Crippen molar-refractivity contribution in [1.82, 2.24) is 15.1 Å². The van der Waals surface area contributed by atoms with E-state index in [0.29, 0.717) is 6.54 Å². The third kappa shape index (κ3) is 3.29. The summed E-state index contributed by atoms with van der Waals surface area (Å²) < 4.78 is 1.90. The summed E-state index contributed by atoms with van der Waals surface area (Å²) in [6, 6.07) is 9.96. The molecular weight excluding hydrogens is 290 g/mol. The number of hydrogen-bond acceptors (Lipinski definition) is 3. The summed E-state index contributed by atoms with van der Waals surface area (Å²) in [5.41, 5.74) is 4.02. The van der Waals surface area contributed by atoms with Gasteiger partial charge in [0, 0.05) is 12.2 Å². The molecule has 1 aliphatic rings. The van der Waals surface area contributed by atoms with Crippen LogP contribution in [0.25, 0.3) is 5.69 Å². The summed E-state index contributed by atoms with van der Waals surface area (Å²) in [4.78, 5) is 12.3. The van der Waals surface area contributed by atoms with Gasteiger partial charge in [-0.1, -0.05) is 18.2 Å². The van der Waals surface area contributed by atoms with E-state index in [-0.39, 0.29) is 11.8 Å². The predicted molar refractivity (Wildman–Crippen MR) is 88.2 cm³/mol. The first-order valence-electron chi connectivity index (χ1n) is 8.13. The SMILES string of the molecule is Cc1cc(C)n(-c2ccccc2CNC(=O)C2CCCC2O)n1. The summed E-state index contributed by atoms with van der Waals surface area (Å²) in [5, 5.41) is 17.3. The van der Waals surface area contributed by atoms with Crippen LogP contribution in [0.4, 0.5) is 0 Å². The van der Waals surface area contributed by atoms with Crippen molar-refractivity contribution in [2.24, 2.45) is 5.92 Å². The second-order valence-electron chi connectivity index (χ2n) is 6.29. The maximum atomic E-state index is 12.3. The van der Waals surface area contributed by atoms with Crippen LogP contribution in [0, 0.1) is 19.8 Å². The van der Waals surface area contributed by atoms with Crippen LogP contribution in [0.1, 0.15) is 36.2 Å². The number of carbonyl (C=O) groups excluding carboxylic acids is 1. The second-order valence-corrected chi connectivity index (χ2v) is 6.29. The molecule has 0 bridgehead atoms. The molecule has 1 heterocycles. The molecule has 1 aromatic carbocycles. The molecule has 1 aliphatic carbocycles. The molecule has 2 N–H and O–H groups in total. The van der Waals surface area contributed by atoms with Crippen LogP contribution in [0.3, 0.4) is 0 Å². The Bertz CT molecular complexity index is 708. The van der Waals surface area contributed by atoms with Gasteiger partial charge in [0.25, 0.3) is 0 Å². The number of nitrogens with one attached hydrogen (secondary N) is 1. The minimum absolute atomic E-state index is 0.0572. The molecular formula is C18H23N3O2. The van der Waals surface area contributed by atoms with Gasteiger partial charge in [-0.2, -0.15) is 5.10 Å². The Labute approximate surface area is 136 Å². The number of amides is 1. The zero-order valence-corrected chi connectivity index (χ0v) is 13.6. The molecule has 5 nitrogen and oxygen atoms in total. The van der Waals surface area contributed by atoms with Crippen LogP contribution in [-0.4, -0.2) is 26.9 Å². The van der Waals surface area contributed by atoms with Crippen LogP contribution in [0.15, 0.2) is 30.3 Å². The minimum Gasteiger partial charge on any atom is -0.392 e. The van der Waals surface area contributed by atoms with E-state index in [4.69, 9.17) is 0 Å². The molecule has 0 aliphatic heterocycles. The Hall–Kier alpha value is -2.14. The number of benzene rings is 1. The lowest BCUT2D eigenvalue weighted by molar-refractivity contribution is -0.127. The molecule has 5 heteroatoms. The van der Waals surface area contributed by atoms with E-state index in [2.05, 4.69) is 10.4 Å². The van der Waals surface area contributed by atoms with Crippen molar-refractivity contribution >= 4 is 5.91 Å². The number of para-hydroxylation sites is 1. The highest BCUT2D eigenvalue weighted by Gasteiger charge is 2.31. The number of aliphatic hydroxyl groups is 1. The number of hydrogen-bond donors (Lipinski definition) is 2. The van der Waals surface area contributed by atoms with E-state index in [1.807, 2.05) is 48.9 Å². The van der Waals surface area contributed by atoms with Crippen molar-refractivity contribution in [3.05, 3.63) is 47.3 Å². The molecule has 0 spiro atoms. The quantitative estimate of drug-likeness (QED) is 0.910. The van der Waals surface area contributed by atoms with Gasteiger partial charge in [0.1, 0.15) is 0 Å². The van der Waals surface area contributed by atoms with E-state index in [0.717, 1.165) is 41.9 Å². The van der Waals surface area contributed by atoms with Crippen molar-refractivity contribution in [3.8, 4) is 5.69 Å². The standard InChI is InChI=1S/C18H23N3O2/c1-12-10-13(2)21(20-12)16-8-4-3-6-14(16)11-19-18(23)15-7-5-9-17(15)22/h3-4,6,8,10,15,17,22H,5,7,9,11H2,1-2H3,(H,19,23). The fraction of sp³-hybridized carbons (Fsp3) is 0.444. The van der Waals surface area contributed by atoms with Crippen LogP contribution < -0.4 is 5.32 Å². The van der Waals surface area contributed by atoms with Crippen LogP contribution in [-0.2, 0) is 11.3 Å². The smallest absolute Gasteiger partial charge is 0.225 e. The van der Waals surface area contributed by atoms with Crippen molar-refractivity contribution in [2.75, 3.05) is 0 Å². The van der Waals surface area contributed by atoms with Gasteiger partial charge >= 0.3 is 0 Å². The third-order valence-electron chi connectivity index (χ3n) is 4.50. The van der Waals surface area contributed by atoms with Gasteiger partial charge in [-0.3, -0.25) is 4.79 Å². The molecule has 1 fully saturated rings. The van der Waals surface area contributed by atoms with E-state index in [1.54, 1.807) is 0 Å². The molecule has 1 saturated carbocycles. The zero-order chi connectivity index (χ0) is 16.4. The van der Waals surface area contributed by atoms with Crippen LogP contribution >= 0.6 is 0 Å². The van der Waals surface area contributed by atoms with E-state index in [9.17, 15) is 9.90 Å². The van der Waals surface area contributed by atoms with E-state index in [1.165, 1.54) is 0 Å². The molecule has 0 saturated heterocycles. The minimum atomic E-state index is -0.499. The van der Waals surface area contributed by atoms with Gasteiger partial charge in [-0.05, 0) is 50.8 Å². The monoisotopic (exact) mass is 313 g/mol. The number of aryl methyl sites for hydroxylation is 2. The van der Waals surface area contributed by atoms with Crippen molar-refractivity contribution in [3.63, 3.8) is 0 Å². The van der Waals surface area contributed by atoms with Crippen LogP contribution in [0.2, 0.25) is 0 Å². The topological polar surface area (TPSA) is 67.2 Å². The van der Waals surface area contributed by atoms with Crippen molar-refractivity contribution < 1.29 is 9.90 Å². The summed E-state index contributed by atoms with van der Waals surface area (Å²) in [7, 11) is 0.